The number of hydrogen-bond acceptors (Lipinski definition) is 3. The van der Waals surface area contributed by atoms with Crippen LogP contribution in [-0.2, 0) is 10.1 Å². The fourth-order valence-corrected chi connectivity index (χ4v) is 4.32. The van der Waals surface area contributed by atoms with Gasteiger partial charge in [-0.05, 0) is 13.3 Å². The second-order valence-corrected chi connectivity index (χ2v) is 9.17. The van der Waals surface area contributed by atoms with E-state index in [2.05, 4.69) is 6.92 Å². The lowest BCUT2D eigenvalue weighted by molar-refractivity contribution is 0.178. The molecule has 0 aliphatic heterocycles. The van der Waals surface area contributed by atoms with Gasteiger partial charge in [-0.1, -0.05) is 103 Å². The molecule has 0 aromatic carbocycles. The topological polar surface area (TPSA) is 74.6 Å². The lowest BCUT2D eigenvalue weighted by Crippen LogP contribution is -2.31. The standard InChI is InChI=1S/C20H42O4S/c1-3-4-5-6-7-8-9-10-11-12-13-14-15-16-17-18-20(19(2)21)25(22,23)24/h19-21H,3-18H2,1-2H3,(H,22,23,24). The summed E-state index contributed by atoms with van der Waals surface area (Å²) in [6.45, 7) is 3.68. The van der Waals surface area contributed by atoms with Gasteiger partial charge >= 0.3 is 0 Å². The Morgan fingerprint density at radius 2 is 1.00 bits per heavy atom. The van der Waals surface area contributed by atoms with E-state index >= 15 is 0 Å². The SMILES string of the molecule is CCCCCCCCCCCCCCCCCC(C(C)O)S(=O)(=O)O. The molecular weight excluding hydrogens is 336 g/mol. The van der Waals surface area contributed by atoms with Crippen LogP contribution in [0.25, 0.3) is 0 Å². The summed E-state index contributed by atoms with van der Waals surface area (Å²) in [4.78, 5) is 0. The number of aliphatic hydroxyl groups is 1. The Hall–Kier alpha value is -0.130. The van der Waals surface area contributed by atoms with Crippen molar-refractivity contribution in [3.05, 3.63) is 0 Å². The maximum atomic E-state index is 11.1. The molecular formula is C20H42O4S. The maximum Gasteiger partial charge on any atom is 0.270 e. The van der Waals surface area contributed by atoms with Crippen LogP contribution in [0.2, 0.25) is 0 Å². The summed E-state index contributed by atoms with van der Waals surface area (Å²) < 4.78 is 31.4. The van der Waals surface area contributed by atoms with Crippen LogP contribution >= 0.6 is 0 Å². The first-order valence-corrected chi connectivity index (χ1v) is 12.0. The van der Waals surface area contributed by atoms with Crippen molar-refractivity contribution in [2.45, 2.75) is 128 Å². The van der Waals surface area contributed by atoms with E-state index < -0.39 is 21.5 Å². The second-order valence-electron chi connectivity index (χ2n) is 7.53. The van der Waals surface area contributed by atoms with Gasteiger partial charge in [-0.25, -0.2) is 0 Å². The van der Waals surface area contributed by atoms with E-state index in [1.54, 1.807) is 0 Å². The minimum Gasteiger partial charge on any atom is -0.392 e. The van der Waals surface area contributed by atoms with Gasteiger partial charge < -0.3 is 5.11 Å². The molecule has 2 unspecified atom stereocenters. The molecule has 2 atom stereocenters. The average Bonchev–Trinajstić information content (AvgIpc) is 2.53. The Labute approximate surface area is 156 Å². The summed E-state index contributed by atoms with van der Waals surface area (Å²) >= 11 is 0. The first-order valence-electron chi connectivity index (χ1n) is 10.5. The van der Waals surface area contributed by atoms with Gasteiger partial charge in [0.1, 0.15) is 5.25 Å². The molecule has 0 bridgehead atoms. The van der Waals surface area contributed by atoms with E-state index in [4.69, 9.17) is 4.55 Å². The van der Waals surface area contributed by atoms with Gasteiger partial charge in [0.2, 0.25) is 0 Å². The molecule has 0 radical (unpaired) electrons. The van der Waals surface area contributed by atoms with Crippen molar-refractivity contribution < 1.29 is 18.1 Å². The highest BCUT2D eigenvalue weighted by Crippen LogP contribution is 2.17. The Morgan fingerprint density at radius 3 is 1.28 bits per heavy atom. The smallest absolute Gasteiger partial charge is 0.270 e. The Balaban J connectivity index is 3.34. The van der Waals surface area contributed by atoms with Crippen molar-refractivity contribution in [2.24, 2.45) is 0 Å². The highest BCUT2D eigenvalue weighted by Gasteiger charge is 2.27. The highest BCUT2D eigenvalue weighted by molar-refractivity contribution is 7.86. The Bertz CT molecular complexity index is 379. The Morgan fingerprint density at radius 1 is 0.680 bits per heavy atom. The lowest BCUT2D eigenvalue weighted by atomic mass is 10.0. The molecule has 0 saturated carbocycles. The molecule has 0 aromatic rings. The van der Waals surface area contributed by atoms with E-state index in [1.807, 2.05) is 0 Å². The summed E-state index contributed by atoms with van der Waals surface area (Å²) in [6.07, 6.45) is 18.3. The lowest BCUT2D eigenvalue weighted by Gasteiger charge is -2.16. The number of aliphatic hydroxyl groups excluding tert-OH is 1. The fraction of sp³-hybridized carbons (Fsp3) is 1.00. The van der Waals surface area contributed by atoms with Crippen molar-refractivity contribution in [3.8, 4) is 0 Å². The quantitative estimate of drug-likeness (QED) is 0.230. The van der Waals surface area contributed by atoms with Crippen molar-refractivity contribution >= 4 is 10.1 Å². The zero-order valence-electron chi connectivity index (χ0n) is 16.6. The summed E-state index contributed by atoms with van der Waals surface area (Å²) in [5.41, 5.74) is 0. The van der Waals surface area contributed by atoms with Crippen LogP contribution in [0.15, 0.2) is 0 Å². The van der Waals surface area contributed by atoms with E-state index in [-0.39, 0.29) is 0 Å². The van der Waals surface area contributed by atoms with Gasteiger partial charge in [0.15, 0.2) is 0 Å². The van der Waals surface area contributed by atoms with Crippen LogP contribution in [0.5, 0.6) is 0 Å². The molecule has 0 fully saturated rings. The van der Waals surface area contributed by atoms with E-state index in [0.29, 0.717) is 6.42 Å². The minimum atomic E-state index is -4.13. The number of hydrogen-bond donors (Lipinski definition) is 2. The number of unbranched alkanes of at least 4 members (excludes halogenated alkanes) is 14. The first-order chi connectivity index (χ1) is 11.9. The predicted molar refractivity (Wildman–Crippen MR) is 107 cm³/mol. The molecule has 2 N–H and O–H groups in total. The predicted octanol–water partition coefficient (Wildman–Crippen LogP) is 5.89. The van der Waals surface area contributed by atoms with Gasteiger partial charge in [-0.15, -0.1) is 0 Å². The summed E-state index contributed by atoms with van der Waals surface area (Å²) in [7, 11) is -4.13. The molecule has 152 valence electrons. The average molecular weight is 379 g/mol. The molecule has 0 saturated heterocycles. The third kappa shape index (κ3) is 15.8. The van der Waals surface area contributed by atoms with Crippen LogP contribution < -0.4 is 0 Å². The molecule has 0 heterocycles. The molecule has 0 rings (SSSR count). The number of rotatable bonds is 18. The fourth-order valence-electron chi connectivity index (χ4n) is 3.36. The van der Waals surface area contributed by atoms with Crippen molar-refractivity contribution in [2.75, 3.05) is 0 Å². The van der Waals surface area contributed by atoms with Crippen LogP contribution in [0.3, 0.4) is 0 Å². The monoisotopic (exact) mass is 378 g/mol. The summed E-state index contributed by atoms with van der Waals surface area (Å²) in [6, 6.07) is 0. The molecule has 4 nitrogen and oxygen atoms in total. The molecule has 0 aliphatic carbocycles. The molecule has 0 aromatic heterocycles. The zero-order valence-corrected chi connectivity index (χ0v) is 17.4. The van der Waals surface area contributed by atoms with Crippen molar-refractivity contribution in [3.63, 3.8) is 0 Å². The maximum absolute atomic E-state index is 11.1. The van der Waals surface area contributed by atoms with Gasteiger partial charge in [0.25, 0.3) is 10.1 Å². The van der Waals surface area contributed by atoms with Crippen molar-refractivity contribution in [1.29, 1.82) is 0 Å². The largest absolute Gasteiger partial charge is 0.392 e. The summed E-state index contributed by atoms with van der Waals surface area (Å²) in [5.74, 6) is 0. The van der Waals surface area contributed by atoms with Crippen LogP contribution in [0, 0.1) is 0 Å². The molecule has 0 amide bonds. The van der Waals surface area contributed by atoms with Crippen LogP contribution in [-0.4, -0.2) is 29.4 Å². The molecule has 0 spiro atoms. The first kappa shape index (κ1) is 24.9. The minimum absolute atomic E-state index is 0.342. The Kier molecular flexibility index (Phi) is 16.0. The van der Waals surface area contributed by atoms with Gasteiger partial charge in [-0.2, -0.15) is 8.42 Å². The molecule has 25 heavy (non-hydrogen) atoms. The second kappa shape index (κ2) is 16.1. The van der Waals surface area contributed by atoms with E-state index in [0.717, 1.165) is 19.3 Å². The van der Waals surface area contributed by atoms with Gasteiger partial charge in [0, 0.05) is 0 Å². The van der Waals surface area contributed by atoms with Crippen LogP contribution in [0.4, 0.5) is 0 Å². The molecule has 0 aliphatic rings. The van der Waals surface area contributed by atoms with E-state index in [9.17, 15) is 13.5 Å². The zero-order chi connectivity index (χ0) is 19.0. The molecule has 5 heteroatoms. The van der Waals surface area contributed by atoms with Gasteiger partial charge in [0.05, 0.1) is 6.10 Å². The van der Waals surface area contributed by atoms with E-state index in [1.165, 1.54) is 84.0 Å². The third-order valence-corrected chi connectivity index (χ3v) is 6.41. The summed E-state index contributed by atoms with van der Waals surface area (Å²) in [5, 5.41) is 8.39. The highest BCUT2D eigenvalue weighted by atomic mass is 32.2. The third-order valence-electron chi connectivity index (χ3n) is 5.01. The van der Waals surface area contributed by atoms with Gasteiger partial charge in [-0.3, -0.25) is 4.55 Å². The van der Waals surface area contributed by atoms with Crippen molar-refractivity contribution in [1.82, 2.24) is 0 Å². The normalized spacial score (nSPS) is 14.6. The van der Waals surface area contributed by atoms with Crippen LogP contribution in [0.1, 0.15) is 117 Å².